The minimum atomic E-state index is -1.35. The molecule has 256 valence electrons. The second-order valence-corrected chi connectivity index (χ2v) is 15.9. The van der Waals surface area contributed by atoms with Crippen molar-refractivity contribution in [2.24, 2.45) is 26.7 Å². The lowest BCUT2D eigenvalue weighted by atomic mass is 9.92. The second-order valence-electron chi connectivity index (χ2n) is 15.9. The van der Waals surface area contributed by atoms with Gasteiger partial charge in [0, 0.05) is 6.21 Å². The van der Waals surface area contributed by atoms with Crippen LogP contribution in [-0.4, -0.2) is 67.3 Å². The van der Waals surface area contributed by atoms with Gasteiger partial charge in [-0.05, 0) is 101 Å². The Morgan fingerprint density at radius 3 is 1.57 bits per heavy atom. The molecule has 10 heteroatoms. The zero-order valence-corrected chi connectivity index (χ0v) is 29.8. The molecule has 0 amide bonds. The van der Waals surface area contributed by atoms with Gasteiger partial charge in [-0.15, -0.1) is 0 Å². The van der Waals surface area contributed by atoms with Gasteiger partial charge in [-0.3, -0.25) is 24.2 Å². The Hall–Kier alpha value is -3.53. The summed E-state index contributed by atoms with van der Waals surface area (Å²) < 4.78 is 30.0. The van der Waals surface area contributed by atoms with Crippen molar-refractivity contribution in [2.45, 2.75) is 121 Å². The normalized spacial score (nSPS) is 23.1. The third-order valence-electron chi connectivity index (χ3n) is 6.79. The first-order valence-electron chi connectivity index (χ1n) is 15.6. The van der Waals surface area contributed by atoms with Crippen molar-refractivity contribution in [2.75, 3.05) is 6.61 Å². The van der Waals surface area contributed by atoms with Gasteiger partial charge in [-0.2, -0.15) is 0 Å². The Labute approximate surface area is 274 Å². The number of hydrogen-bond donors (Lipinski definition) is 0. The maximum absolute atomic E-state index is 13.4. The summed E-state index contributed by atoms with van der Waals surface area (Å²) in [5.74, 6) is -2.35. The molecule has 1 aliphatic heterocycles. The summed E-state index contributed by atoms with van der Waals surface area (Å²) in [5, 5.41) is 0. The number of esters is 4. The van der Waals surface area contributed by atoms with E-state index in [1.54, 1.807) is 89.3 Å². The number of rotatable bonds is 8. The highest BCUT2D eigenvalue weighted by atomic mass is 16.7. The molecule has 0 spiro atoms. The SMILES string of the molecule is C/C(C=N[C@@H]1OC(COC(=O)C(C)(C)C)[C@@H](OC(=O)C(C)(C)C)[C@@H](OC(=O)C(C)(C)C)C1OC(=O)C(C)(C)C)=C\c1ccccc1. The Kier molecular flexibility index (Phi) is 12.5. The minimum Gasteiger partial charge on any atom is -0.462 e. The van der Waals surface area contributed by atoms with Crippen molar-refractivity contribution in [3.05, 3.63) is 41.5 Å². The van der Waals surface area contributed by atoms with E-state index in [9.17, 15) is 19.2 Å². The maximum Gasteiger partial charge on any atom is 0.311 e. The van der Waals surface area contributed by atoms with Crippen molar-refractivity contribution in [1.29, 1.82) is 0 Å². The molecule has 46 heavy (non-hydrogen) atoms. The highest BCUT2D eigenvalue weighted by molar-refractivity contribution is 5.85. The Bertz CT molecular complexity index is 1290. The number of carbonyl (C=O) groups excluding carboxylic acids is 4. The van der Waals surface area contributed by atoms with E-state index in [0.29, 0.717) is 0 Å². The lowest BCUT2D eigenvalue weighted by molar-refractivity contribution is -0.258. The van der Waals surface area contributed by atoms with Crippen LogP contribution < -0.4 is 0 Å². The average molecular weight is 644 g/mol. The first kappa shape index (κ1) is 38.7. The largest absolute Gasteiger partial charge is 0.462 e. The summed E-state index contributed by atoms with van der Waals surface area (Å²) in [7, 11) is 0. The van der Waals surface area contributed by atoms with E-state index in [1.165, 1.54) is 0 Å². The Morgan fingerprint density at radius 2 is 1.11 bits per heavy atom. The van der Waals surface area contributed by atoms with E-state index in [2.05, 4.69) is 4.99 Å². The summed E-state index contributed by atoms with van der Waals surface area (Å²) >= 11 is 0. The predicted octanol–water partition coefficient (Wildman–Crippen LogP) is 6.35. The first-order chi connectivity index (χ1) is 20.9. The van der Waals surface area contributed by atoms with Crippen molar-refractivity contribution in [3.63, 3.8) is 0 Å². The highest BCUT2D eigenvalue weighted by Crippen LogP contribution is 2.34. The molecule has 1 heterocycles. The molecule has 0 aliphatic carbocycles. The Balaban J connectivity index is 2.72. The molecule has 1 fully saturated rings. The quantitative estimate of drug-likeness (QED) is 0.181. The van der Waals surface area contributed by atoms with Crippen LogP contribution in [0.1, 0.15) is 95.6 Å². The van der Waals surface area contributed by atoms with E-state index in [1.807, 2.05) is 43.3 Å². The van der Waals surface area contributed by atoms with Crippen molar-refractivity contribution >= 4 is 36.2 Å². The summed E-state index contributed by atoms with van der Waals surface area (Å²) in [6.45, 7) is 21.8. The molecule has 1 aromatic carbocycles. The summed E-state index contributed by atoms with van der Waals surface area (Å²) in [5.41, 5.74) is -1.96. The molecule has 0 saturated carbocycles. The van der Waals surface area contributed by atoms with Gasteiger partial charge in [0.1, 0.15) is 12.7 Å². The standard InChI is InChI=1S/C36H53NO9/c1-22(19-23-17-15-14-16-18-23)20-37-28-27(46-32(41)36(11,12)13)26(45-31(40)35(8,9)10)25(44-30(39)34(5,6)7)24(43-28)21-42-29(38)33(2,3)4/h14-20,24-28H,21H2,1-13H3/b22-19+,37-20?/t24?,25-,26-,27?,28-/m1/s1. The fraction of sp³-hybridized carbons (Fsp3) is 0.639. The van der Waals surface area contributed by atoms with Crippen LogP contribution in [0.5, 0.6) is 0 Å². The molecule has 1 aliphatic rings. The number of aliphatic imine (C=N–C) groups is 1. The fourth-order valence-corrected chi connectivity index (χ4v) is 3.87. The molecule has 2 rings (SSSR count). The third-order valence-corrected chi connectivity index (χ3v) is 6.79. The molecular weight excluding hydrogens is 590 g/mol. The minimum absolute atomic E-state index is 0.341. The smallest absolute Gasteiger partial charge is 0.311 e. The number of nitrogens with zero attached hydrogens (tertiary/aromatic N) is 1. The lowest BCUT2D eigenvalue weighted by Gasteiger charge is -2.45. The molecule has 0 bridgehead atoms. The van der Waals surface area contributed by atoms with Gasteiger partial charge in [-0.1, -0.05) is 36.4 Å². The van der Waals surface area contributed by atoms with E-state index >= 15 is 0 Å². The number of ether oxygens (including phenoxy) is 5. The molecule has 2 unspecified atom stereocenters. The zero-order valence-electron chi connectivity index (χ0n) is 29.8. The van der Waals surface area contributed by atoms with Crippen LogP contribution in [-0.2, 0) is 42.9 Å². The van der Waals surface area contributed by atoms with E-state index in [4.69, 9.17) is 23.7 Å². The summed E-state index contributed by atoms with van der Waals surface area (Å²) in [6, 6.07) is 9.63. The van der Waals surface area contributed by atoms with Gasteiger partial charge in [0.15, 0.2) is 24.5 Å². The van der Waals surface area contributed by atoms with E-state index < -0.39 is 76.2 Å². The molecule has 0 aromatic heterocycles. The van der Waals surface area contributed by atoms with Gasteiger partial charge < -0.3 is 23.7 Å². The van der Waals surface area contributed by atoms with E-state index in [-0.39, 0.29) is 6.61 Å². The van der Waals surface area contributed by atoms with Gasteiger partial charge in [0.05, 0.1) is 21.7 Å². The maximum atomic E-state index is 13.4. The van der Waals surface area contributed by atoms with Crippen molar-refractivity contribution < 1.29 is 42.9 Å². The molecule has 0 radical (unpaired) electrons. The van der Waals surface area contributed by atoms with E-state index in [0.717, 1.165) is 11.1 Å². The average Bonchev–Trinajstić information content (AvgIpc) is 2.91. The van der Waals surface area contributed by atoms with Crippen LogP contribution in [0.3, 0.4) is 0 Å². The van der Waals surface area contributed by atoms with Crippen LogP contribution in [0.2, 0.25) is 0 Å². The lowest BCUT2D eigenvalue weighted by Crippen LogP contribution is -2.63. The first-order valence-corrected chi connectivity index (χ1v) is 15.6. The molecular formula is C36H53NO9. The monoisotopic (exact) mass is 643 g/mol. The van der Waals surface area contributed by atoms with Crippen molar-refractivity contribution in [1.82, 2.24) is 0 Å². The number of benzene rings is 1. The van der Waals surface area contributed by atoms with Crippen LogP contribution in [0.15, 0.2) is 40.9 Å². The molecule has 5 atom stereocenters. The number of carbonyl (C=O) groups is 4. The van der Waals surface area contributed by atoms with Crippen LogP contribution in [0, 0.1) is 21.7 Å². The summed E-state index contributed by atoms with van der Waals surface area (Å²) in [6.07, 6.45) is -2.83. The number of allylic oxidation sites excluding steroid dienone is 1. The fourth-order valence-electron chi connectivity index (χ4n) is 3.87. The molecule has 10 nitrogen and oxygen atoms in total. The van der Waals surface area contributed by atoms with Crippen molar-refractivity contribution in [3.8, 4) is 0 Å². The Morgan fingerprint density at radius 1 is 0.674 bits per heavy atom. The van der Waals surface area contributed by atoms with Gasteiger partial charge in [0.25, 0.3) is 0 Å². The van der Waals surface area contributed by atoms with Crippen LogP contribution in [0.4, 0.5) is 0 Å². The second kappa shape index (κ2) is 14.9. The topological polar surface area (TPSA) is 127 Å². The van der Waals surface area contributed by atoms with Crippen LogP contribution >= 0.6 is 0 Å². The molecule has 1 saturated heterocycles. The number of hydrogen-bond acceptors (Lipinski definition) is 10. The van der Waals surface area contributed by atoms with Crippen LogP contribution in [0.25, 0.3) is 6.08 Å². The van der Waals surface area contributed by atoms with Gasteiger partial charge >= 0.3 is 23.9 Å². The zero-order chi connectivity index (χ0) is 35.3. The highest BCUT2D eigenvalue weighted by Gasteiger charge is 2.54. The molecule has 0 N–H and O–H groups in total. The van der Waals surface area contributed by atoms with Gasteiger partial charge in [0.2, 0.25) is 0 Å². The predicted molar refractivity (Wildman–Crippen MR) is 176 cm³/mol. The summed E-state index contributed by atoms with van der Waals surface area (Å²) in [4.78, 5) is 57.4. The third kappa shape index (κ3) is 11.4. The molecule has 1 aromatic rings. The van der Waals surface area contributed by atoms with Gasteiger partial charge in [-0.25, -0.2) is 0 Å².